The van der Waals surface area contributed by atoms with Gasteiger partial charge in [-0.3, -0.25) is 4.79 Å². The molecule has 0 spiro atoms. The fraction of sp³-hybridized carbons (Fsp3) is 0.467. The van der Waals surface area contributed by atoms with Crippen molar-refractivity contribution in [2.75, 3.05) is 0 Å². The van der Waals surface area contributed by atoms with Crippen LogP contribution in [0.5, 0.6) is 0 Å². The minimum absolute atomic E-state index is 0.00718. The second-order valence-corrected chi connectivity index (χ2v) is 7.59. The van der Waals surface area contributed by atoms with Crippen LogP contribution in [0.4, 0.5) is 4.79 Å². The molecule has 1 atom stereocenters. The van der Waals surface area contributed by atoms with Crippen LogP contribution in [0.2, 0.25) is 0 Å². The van der Waals surface area contributed by atoms with Crippen LogP contribution in [0.25, 0.3) is 0 Å². The Bertz CT molecular complexity index is 681. The van der Waals surface area contributed by atoms with Gasteiger partial charge in [-0.25, -0.2) is 17.9 Å². The first-order valence-corrected chi connectivity index (χ1v) is 8.94. The summed E-state index contributed by atoms with van der Waals surface area (Å²) < 4.78 is 26.4. The Balaban J connectivity index is 1.95. The zero-order valence-electron chi connectivity index (χ0n) is 12.9. The number of carbonyl (C=O) groups excluding carboxylic acids is 2. The van der Waals surface area contributed by atoms with Crippen molar-refractivity contribution in [2.24, 2.45) is 17.6 Å². The molecule has 1 aromatic rings. The summed E-state index contributed by atoms with van der Waals surface area (Å²) in [5.41, 5.74) is 5.67. The monoisotopic (exact) mass is 339 g/mol. The van der Waals surface area contributed by atoms with Gasteiger partial charge in [-0.05, 0) is 42.4 Å². The average molecular weight is 339 g/mol. The number of carbonyl (C=O) groups is 2. The van der Waals surface area contributed by atoms with Gasteiger partial charge in [0.15, 0.2) is 0 Å². The molecule has 2 rings (SSSR count). The summed E-state index contributed by atoms with van der Waals surface area (Å²) in [7, 11) is -3.87. The lowest BCUT2D eigenvalue weighted by molar-refractivity contribution is -0.120. The number of nitrogens with two attached hydrogens (primary N) is 1. The van der Waals surface area contributed by atoms with Crippen molar-refractivity contribution in [3.63, 3.8) is 0 Å². The standard InChI is InChI=1S/C15H21N3O4S/c1-10(12-4-5-12)8-14(19)18-23(21,22)13-6-2-11(3-7-13)9-17-15(16)20/h2-3,6-7,10,12H,4-5,8-9H2,1H3,(H,18,19)(H3,16,17,20). The Morgan fingerprint density at radius 3 is 2.39 bits per heavy atom. The third kappa shape index (κ3) is 5.24. The van der Waals surface area contributed by atoms with E-state index in [9.17, 15) is 18.0 Å². The lowest BCUT2D eigenvalue weighted by Crippen LogP contribution is -2.32. The maximum absolute atomic E-state index is 12.2. The van der Waals surface area contributed by atoms with Crippen LogP contribution in [0.1, 0.15) is 31.7 Å². The molecule has 0 bridgehead atoms. The number of primary amides is 1. The van der Waals surface area contributed by atoms with E-state index in [1.165, 1.54) is 12.1 Å². The number of hydrogen-bond donors (Lipinski definition) is 3. The summed E-state index contributed by atoms with van der Waals surface area (Å²) in [5.74, 6) is 0.261. The first-order valence-electron chi connectivity index (χ1n) is 7.46. The minimum Gasteiger partial charge on any atom is -0.352 e. The molecule has 3 amide bonds. The van der Waals surface area contributed by atoms with Crippen molar-refractivity contribution in [1.82, 2.24) is 10.0 Å². The van der Waals surface area contributed by atoms with Gasteiger partial charge < -0.3 is 11.1 Å². The second kappa shape index (κ2) is 6.99. The molecule has 8 heteroatoms. The summed E-state index contributed by atoms with van der Waals surface area (Å²) >= 11 is 0. The molecule has 23 heavy (non-hydrogen) atoms. The van der Waals surface area contributed by atoms with E-state index in [1.807, 2.05) is 6.92 Å². The van der Waals surface area contributed by atoms with Crippen LogP contribution in [-0.4, -0.2) is 20.4 Å². The molecule has 0 heterocycles. The average Bonchev–Trinajstić information content (AvgIpc) is 3.29. The molecule has 4 N–H and O–H groups in total. The van der Waals surface area contributed by atoms with E-state index >= 15 is 0 Å². The van der Waals surface area contributed by atoms with Crippen molar-refractivity contribution < 1.29 is 18.0 Å². The summed E-state index contributed by atoms with van der Waals surface area (Å²) in [6.07, 6.45) is 2.44. The van der Waals surface area contributed by atoms with E-state index in [1.54, 1.807) is 12.1 Å². The van der Waals surface area contributed by atoms with Crippen molar-refractivity contribution in [2.45, 2.75) is 37.6 Å². The highest BCUT2D eigenvalue weighted by Gasteiger charge is 2.30. The Morgan fingerprint density at radius 2 is 1.87 bits per heavy atom. The zero-order valence-corrected chi connectivity index (χ0v) is 13.7. The third-order valence-electron chi connectivity index (χ3n) is 3.88. The number of sulfonamides is 1. The number of amides is 3. The molecule has 1 aliphatic rings. The highest BCUT2D eigenvalue weighted by Crippen LogP contribution is 2.38. The van der Waals surface area contributed by atoms with Crippen LogP contribution in [0.15, 0.2) is 29.2 Å². The molecule has 0 aliphatic heterocycles. The molecule has 1 saturated carbocycles. The van der Waals surface area contributed by atoms with Gasteiger partial charge in [0.2, 0.25) is 5.91 Å². The number of rotatable bonds is 7. The van der Waals surface area contributed by atoms with Crippen molar-refractivity contribution in [1.29, 1.82) is 0 Å². The predicted molar refractivity (Wildman–Crippen MR) is 84.7 cm³/mol. The van der Waals surface area contributed by atoms with E-state index in [4.69, 9.17) is 5.73 Å². The van der Waals surface area contributed by atoms with Gasteiger partial charge in [-0.2, -0.15) is 0 Å². The van der Waals surface area contributed by atoms with Gasteiger partial charge in [0, 0.05) is 13.0 Å². The Kier molecular flexibility index (Phi) is 5.25. The minimum atomic E-state index is -3.87. The topological polar surface area (TPSA) is 118 Å². The van der Waals surface area contributed by atoms with Gasteiger partial charge in [-0.1, -0.05) is 19.1 Å². The first-order chi connectivity index (χ1) is 10.8. The first kappa shape index (κ1) is 17.3. The molecule has 1 aromatic carbocycles. The van der Waals surface area contributed by atoms with E-state index in [-0.39, 0.29) is 23.8 Å². The molecule has 0 radical (unpaired) electrons. The molecule has 0 saturated heterocycles. The van der Waals surface area contributed by atoms with Crippen molar-refractivity contribution in [3.8, 4) is 0 Å². The third-order valence-corrected chi connectivity index (χ3v) is 5.27. The van der Waals surface area contributed by atoms with Gasteiger partial charge in [0.1, 0.15) is 0 Å². The number of urea groups is 1. The van der Waals surface area contributed by atoms with Crippen LogP contribution in [0, 0.1) is 11.8 Å². The fourth-order valence-corrected chi connectivity index (χ4v) is 3.35. The second-order valence-electron chi connectivity index (χ2n) is 5.91. The molecule has 1 aliphatic carbocycles. The maximum Gasteiger partial charge on any atom is 0.312 e. The Morgan fingerprint density at radius 1 is 1.26 bits per heavy atom. The summed E-state index contributed by atoms with van der Waals surface area (Å²) in [4.78, 5) is 22.5. The number of nitrogens with one attached hydrogen (secondary N) is 2. The van der Waals surface area contributed by atoms with Crippen LogP contribution in [-0.2, 0) is 21.4 Å². The molecule has 7 nitrogen and oxygen atoms in total. The maximum atomic E-state index is 12.2. The largest absolute Gasteiger partial charge is 0.352 e. The Labute approximate surface area is 135 Å². The SMILES string of the molecule is CC(CC(=O)NS(=O)(=O)c1ccc(CNC(N)=O)cc1)C1CC1. The van der Waals surface area contributed by atoms with E-state index < -0.39 is 22.0 Å². The molecular formula is C15H21N3O4S. The van der Waals surface area contributed by atoms with Gasteiger partial charge in [0.25, 0.3) is 10.0 Å². The molecule has 1 fully saturated rings. The Hall–Kier alpha value is -2.09. The van der Waals surface area contributed by atoms with Crippen molar-refractivity contribution >= 4 is 22.0 Å². The van der Waals surface area contributed by atoms with Gasteiger partial charge >= 0.3 is 6.03 Å². The number of benzene rings is 1. The molecule has 1 unspecified atom stereocenters. The quantitative estimate of drug-likeness (QED) is 0.689. The van der Waals surface area contributed by atoms with Crippen LogP contribution < -0.4 is 15.8 Å². The smallest absolute Gasteiger partial charge is 0.312 e. The normalized spacial score (nSPS) is 15.7. The van der Waals surface area contributed by atoms with Crippen molar-refractivity contribution in [3.05, 3.63) is 29.8 Å². The molecule has 0 aromatic heterocycles. The van der Waals surface area contributed by atoms with E-state index in [0.29, 0.717) is 11.5 Å². The van der Waals surface area contributed by atoms with Crippen LogP contribution in [0.3, 0.4) is 0 Å². The van der Waals surface area contributed by atoms with Gasteiger partial charge in [-0.15, -0.1) is 0 Å². The van der Waals surface area contributed by atoms with E-state index in [2.05, 4.69) is 10.0 Å². The summed E-state index contributed by atoms with van der Waals surface area (Å²) in [6, 6.07) is 5.23. The predicted octanol–water partition coefficient (Wildman–Crippen LogP) is 1.10. The molecule has 126 valence electrons. The van der Waals surface area contributed by atoms with E-state index in [0.717, 1.165) is 12.8 Å². The van der Waals surface area contributed by atoms with Crippen LogP contribution >= 0.6 is 0 Å². The molecular weight excluding hydrogens is 318 g/mol. The summed E-state index contributed by atoms with van der Waals surface area (Å²) in [5, 5.41) is 2.41. The lowest BCUT2D eigenvalue weighted by Gasteiger charge is -2.11. The number of hydrogen-bond acceptors (Lipinski definition) is 4. The lowest BCUT2D eigenvalue weighted by atomic mass is 10.0. The zero-order chi connectivity index (χ0) is 17.0. The highest BCUT2D eigenvalue weighted by atomic mass is 32.2. The van der Waals surface area contributed by atoms with Gasteiger partial charge in [0.05, 0.1) is 4.90 Å². The highest BCUT2D eigenvalue weighted by molar-refractivity contribution is 7.90. The fourth-order valence-electron chi connectivity index (χ4n) is 2.35. The summed E-state index contributed by atoms with van der Waals surface area (Å²) in [6.45, 7) is 2.17.